The number of methoxy groups -OCH3 is 1. The van der Waals surface area contributed by atoms with Crippen molar-refractivity contribution in [3.05, 3.63) is 128 Å². The number of thiophene rings is 1. The van der Waals surface area contributed by atoms with Crippen LogP contribution >= 0.6 is 22.9 Å². The van der Waals surface area contributed by atoms with E-state index in [1.54, 1.807) is 13.0 Å². The Balaban J connectivity index is 1.38. The fourth-order valence-electron chi connectivity index (χ4n) is 5.01. The van der Waals surface area contributed by atoms with E-state index in [4.69, 9.17) is 25.8 Å². The van der Waals surface area contributed by atoms with Crippen molar-refractivity contribution in [1.29, 1.82) is 0 Å². The Morgan fingerprint density at radius 3 is 2.28 bits per heavy atom. The molecule has 0 atom stereocenters. The van der Waals surface area contributed by atoms with Crippen molar-refractivity contribution in [3.8, 4) is 17.2 Å². The van der Waals surface area contributed by atoms with Gasteiger partial charge in [0.15, 0.2) is 17.3 Å². The third-order valence-corrected chi connectivity index (χ3v) is 10.7. The van der Waals surface area contributed by atoms with Crippen molar-refractivity contribution in [1.82, 2.24) is 0 Å². The van der Waals surface area contributed by atoms with Crippen molar-refractivity contribution in [2.24, 2.45) is 0 Å². The van der Waals surface area contributed by atoms with E-state index in [2.05, 4.69) is 5.32 Å². The van der Waals surface area contributed by atoms with Crippen LogP contribution in [-0.2, 0) is 16.2 Å². The van der Waals surface area contributed by atoms with Crippen LogP contribution in [0.2, 0.25) is 4.34 Å². The number of carbonyl (C=O) groups is 3. The molecule has 0 bridgehead atoms. The van der Waals surface area contributed by atoms with Crippen LogP contribution in [0.1, 0.15) is 48.4 Å². The van der Waals surface area contributed by atoms with Gasteiger partial charge in [-0.3, -0.25) is 13.9 Å². The van der Waals surface area contributed by atoms with E-state index in [0.29, 0.717) is 35.8 Å². The first-order valence-corrected chi connectivity index (χ1v) is 17.9. The van der Waals surface area contributed by atoms with Gasteiger partial charge in [-0.1, -0.05) is 41.9 Å². The molecule has 53 heavy (non-hydrogen) atoms. The maximum Gasteiger partial charge on any atom is 0.417 e. The van der Waals surface area contributed by atoms with Gasteiger partial charge in [-0.15, -0.1) is 11.3 Å². The fourth-order valence-corrected chi connectivity index (χ4v) is 7.88. The Morgan fingerprint density at radius 2 is 1.62 bits per heavy atom. The number of hydrogen-bond acceptors (Lipinski definition) is 9. The highest BCUT2D eigenvalue weighted by molar-refractivity contribution is 7.93. The molecular formula is C36H27ClF4N2O8S2. The van der Waals surface area contributed by atoms with Gasteiger partial charge in [0, 0.05) is 29.9 Å². The van der Waals surface area contributed by atoms with Crippen LogP contribution in [0, 0.1) is 5.82 Å². The van der Waals surface area contributed by atoms with Crippen LogP contribution < -0.4 is 23.8 Å². The van der Waals surface area contributed by atoms with Gasteiger partial charge in [0.2, 0.25) is 0 Å². The number of ether oxygens (including phenoxy) is 3. The van der Waals surface area contributed by atoms with E-state index in [1.165, 1.54) is 56.6 Å². The Hall–Kier alpha value is -5.45. The summed E-state index contributed by atoms with van der Waals surface area (Å²) in [5.41, 5.74) is -2.71. The molecule has 10 nitrogen and oxygen atoms in total. The number of rotatable bonds is 12. The van der Waals surface area contributed by atoms with Crippen LogP contribution in [-0.4, -0.2) is 46.8 Å². The maximum absolute atomic E-state index is 14.7. The molecule has 1 heterocycles. The van der Waals surface area contributed by atoms with Gasteiger partial charge >= 0.3 is 12.1 Å². The van der Waals surface area contributed by atoms with Crippen molar-refractivity contribution in [2.75, 3.05) is 30.4 Å². The SMILES string of the molecule is CCOc1ccc(N(C)S(=O)(=O)c2cc(Cl)sc2C(=O)Nc2cc(F)cc(C(=O)Oc3ccc(C(=O)c4ccccc4)c(C(F)(F)F)c3)c2)cc1OC. The summed E-state index contributed by atoms with van der Waals surface area (Å²) in [5.74, 6) is -4.26. The average Bonchev–Trinajstić information content (AvgIpc) is 3.53. The first-order chi connectivity index (χ1) is 25.0. The highest BCUT2D eigenvalue weighted by atomic mass is 35.5. The summed E-state index contributed by atoms with van der Waals surface area (Å²) in [5, 5.41) is 2.33. The normalized spacial score (nSPS) is 11.5. The minimum atomic E-state index is -5.01. The second kappa shape index (κ2) is 15.7. The number of nitrogens with one attached hydrogen (secondary N) is 1. The summed E-state index contributed by atoms with van der Waals surface area (Å²) in [6.07, 6.45) is -5.01. The molecule has 1 N–H and O–H groups in total. The molecule has 276 valence electrons. The number of nitrogens with zero attached hydrogens (tertiary/aromatic N) is 1. The smallest absolute Gasteiger partial charge is 0.417 e. The van der Waals surface area contributed by atoms with E-state index < -0.39 is 67.0 Å². The lowest BCUT2D eigenvalue weighted by molar-refractivity contribution is -0.138. The van der Waals surface area contributed by atoms with Crippen LogP contribution in [0.3, 0.4) is 0 Å². The first-order valence-electron chi connectivity index (χ1n) is 15.3. The summed E-state index contributed by atoms with van der Waals surface area (Å²) in [6, 6.07) is 17.6. The van der Waals surface area contributed by atoms with Gasteiger partial charge < -0.3 is 19.5 Å². The standard InChI is InChI=1S/C36H27ClF4N2O8S2/c1-4-50-28-13-10-24(17-29(28)49-3)43(2)53(47,48)30-19-31(37)52-33(30)34(45)42-23-15-21(14-22(38)16-23)35(46)51-25-11-12-26(27(18-25)36(39,40)41)32(44)20-8-6-5-7-9-20/h5-19H,4H2,1-3H3,(H,42,45). The largest absolute Gasteiger partial charge is 0.493 e. The molecule has 1 amide bonds. The van der Waals surface area contributed by atoms with Gasteiger partial charge in [-0.25, -0.2) is 17.6 Å². The van der Waals surface area contributed by atoms with Crippen LogP contribution in [0.5, 0.6) is 17.2 Å². The highest BCUT2D eigenvalue weighted by Crippen LogP contribution is 2.38. The van der Waals surface area contributed by atoms with Gasteiger partial charge in [0.05, 0.1) is 34.9 Å². The van der Waals surface area contributed by atoms with Crippen molar-refractivity contribution in [3.63, 3.8) is 0 Å². The molecule has 0 aliphatic heterocycles. The van der Waals surface area contributed by atoms with Crippen molar-refractivity contribution < 1.29 is 54.6 Å². The average molecular weight is 791 g/mol. The zero-order valence-corrected chi connectivity index (χ0v) is 30.2. The van der Waals surface area contributed by atoms with Gasteiger partial charge in [-0.2, -0.15) is 13.2 Å². The van der Waals surface area contributed by atoms with E-state index in [-0.39, 0.29) is 31.9 Å². The quantitative estimate of drug-likeness (QED) is 0.0577. The van der Waals surface area contributed by atoms with Crippen LogP contribution in [0.4, 0.5) is 28.9 Å². The minimum absolute atomic E-state index is 0.00643. The zero-order valence-electron chi connectivity index (χ0n) is 27.8. The molecule has 0 aliphatic carbocycles. The second-order valence-corrected chi connectivity index (χ2v) is 14.6. The lowest BCUT2D eigenvalue weighted by Gasteiger charge is -2.21. The number of hydrogen-bond donors (Lipinski definition) is 1. The molecule has 5 rings (SSSR count). The number of amides is 1. The third kappa shape index (κ3) is 8.62. The molecule has 0 spiro atoms. The fraction of sp³-hybridized carbons (Fsp3) is 0.139. The molecule has 1 aromatic heterocycles. The summed E-state index contributed by atoms with van der Waals surface area (Å²) in [6.45, 7) is 2.10. The molecule has 5 aromatic rings. The number of anilines is 2. The number of ketones is 1. The molecule has 0 fully saturated rings. The first kappa shape index (κ1) is 38.8. The Morgan fingerprint density at radius 1 is 0.906 bits per heavy atom. The van der Waals surface area contributed by atoms with Crippen LogP contribution in [0.15, 0.2) is 95.9 Å². The predicted molar refractivity (Wildman–Crippen MR) is 190 cm³/mol. The third-order valence-electron chi connectivity index (χ3n) is 7.50. The van der Waals surface area contributed by atoms with E-state index >= 15 is 0 Å². The van der Waals surface area contributed by atoms with Crippen molar-refractivity contribution >= 4 is 62.0 Å². The number of carbonyl (C=O) groups excluding carboxylic acids is 3. The van der Waals surface area contributed by atoms with Crippen LogP contribution in [0.25, 0.3) is 0 Å². The molecular weight excluding hydrogens is 764 g/mol. The Bertz CT molecular complexity index is 2320. The highest BCUT2D eigenvalue weighted by Gasteiger charge is 2.36. The van der Waals surface area contributed by atoms with Gasteiger partial charge in [-0.05, 0) is 61.5 Å². The second-order valence-electron chi connectivity index (χ2n) is 11.0. The number of benzene rings is 4. The van der Waals surface area contributed by atoms with E-state index in [1.807, 2.05) is 0 Å². The monoisotopic (exact) mass is 790 g/mol. The Labute approximate surface area is 309 Å². The minimum Gasteiger partial charge on any atom is -0.493 e. The van der Waals surface area contributed by atoms with Gasteiger partial charge in [0.25, 0.3) is 15.9 Å². The topological polar surface area (TPSA) is 128 Å². The summed E-state index contributed by atoms with van der Waals surface area (Å²) in [7, 11) is -1.81. The maximum atomic E-state index is 14.7. The molecule has 0 radical (unpaired) electrons. The molecule has 4 aromatic carbocycles. The molecule has 17 heteroatoms. The van der Waals surface area contributed by atoms with Crippen molar-refractivity contribution in [2.45, 2.75) is 18.0 Å². The number of alkyl halides is 3. The number of sulfonamides is 1. The lowest BCUT2D eigenvalue weighted by Crippen LogP contribution is -2.28. The van der Waals surface area contributed by atoms with E-state index in [0.717, 1.165) is 34.6 Å². The van der Waals surface area contributed by atoms with Gasteiger partial charge in [0.1, 0.15) is 21.3 Å². The summed E-state index contributed by atoms with van der Waals surface area (Å²) >= 11 is 6.77. The molecule has 0 aliphatic rings. The summed E-state index contributed by atoms with van der Waals surface area (Å²) < 4.78 is 101. The lowest BCUT2D eigenvalue weighted by atomic mass is 9.97. The van der Waals surface area contributed by atoms with E-state index in [9.17, 15) is 40.4 Å². The molecule has 0 saturated carbocycles. The predicted octanol–water partition coefficient (Wildman–Crippen LogP) is 8.49. The molecule has 0 saturated heterocycles. The zero-order chi connectivity index (χ0) is 38.7. The number of halogens is 5. The summed E-state index contributed by atoms with van der Waals surface area (Å²) in [4.78, 5) is 38.4. The Kier molecular flexibility index (Phi) is 11.5. The number of esters is 1. The molecule has 0 unspecified atom stereocenters.